The Morgan fingerprint density at radius 2 is 1.97 bits per heavy atom. The van der Waals surface area contributed by atoms with Crippen LogP contribution in [0.5, 0.6) is 17.2 Å². The number of carbonyl (C=O) groups excluding carboxylic acids is 2. The lowest BCUT2D eigenvalue weighted by Gasteiger charge is -2.11. The number of esters is 1. The number of halogens is 1. The molecule has 9 heteroatoms. The molecule has 1 N–H and O–H groups in total. The van der Waals surface area contributed by atoms with Crippen molar-refractivity contribution in [3.8, 4) is 17.2 Å². The van der Waals surface area contributed by atoms with E-state index in [4.69, 9.17) is 18.6 Å². The van der Waals surface area contributed by atoms with Crippen molar-refractivity contribution in [2.24, 2.45) is 5.10 Å². The Morgan fingerprint density at radius 3 is 2.66 bits per heavy atom. The zero-order valence-electron chi connectivity index (χ0n) is 17.7. The van der Waals surface area contributed by atoms with Crippen molar-refractivity contribution >= 4 is 34.0 Å². The van der Waals surface area contributed by atoms with E-state index in [1.807, 2.05) is 26.0 Å². The molecule has 0 bridgehead atoms. The Morgan fingerprint density at radius 1 is 1.16 bits per heavy atom. The van der Waals surface area contributed by atoms with Crippen LogP contribution in [0.1, 0.15) is 27.2 Å². The van der Waals surface area contributed by atoms with E-state index >= 15 is 0 Å². The zero-order chi connectivity index (χ0) is 23.1. The molecule has 0 saturated heterocycles. The number of benzene rings is 2. The number of aryl methyl sites for hydroxylation is 2. The van der Waals surface area contributed by atoms with Gasteiger partial charge in [-0.3, -0.25) is 4.79 Å². The van der Waals surface area contributed by atoms with Crippen molar-refractivity contribution in [3.05, 3.63) is 75.7 Å². The van der Waals surface area contributed by atoms with Crippen molar-refractivity contribution in [2.75, 3.05) is 13.7 Å². The van der Waals surface area contributed by atoms with Crippen LogP contribution in [0.3, 0.4) is 0 Å². The number of rotatable bonds is 8. The number of furan rings is 1. The van der Waals surface area contributed by atoms with E-state index in [1.165, 1.54) is 25.7 Å². The third-order valence-electron chi connectivity index (χ3n) is 4.24. The second-order valence-electron chi connectivity index (χ2n) is 6.75. The molecule has 0 unspecified atom stereocenters. The monoisotopic (exact) mass is 500 g/mol. The second kappa shape index (κ2) is 10.6. The molecule has 3 rings (SSSR count). The standard InChI is InChI=1S/C23H21BrN2O6/c1-14-9-15(2)22(17(24)10-14)31-13-21(27)26-25-12-16-6-7-18(20(11-16)29-3)32-23(28)19-5-4-8-30-19/h4-12H,13H2,1-3H3,(H,26,27)/b25-12-. The summed E-state index contributed by atoms with van der Waals surface area (Å²) < 4.78 is 22.0. The van der Waals surface area contributed by atoms with Gasteiger partial charge in [-0.2, -0.15) is 5.10 Å². The van der Waals surface area contributed by atoms with Crippen molar-refractivity contribution in [2.45, 2.75) is 13.8 Å². The van der Waals surface area contributed by atoms with Crippen LogP contribution in [0.2, 0.25) is 0 Å². The van der Waals surface area contributed by atoms with Crippen LogP contribution in [0, 0.1) is 13.8 Å². The molecule has 0 atom stereocenters. The molecular formula is C23H21BrN2O6. The van der Waals surface area contributed by atoms with E-state index in [0.717, 1.165) is 15.6 Å². The molecule has 32 heavy (non-hydrogen) atoms. The molecule has 1 amide bonds. The molecule has 8 nitrogen and oxygen atoms in total. The van der Waals surface area contributed by atoms with Crippen molar-refractivity contribution < 1.29 is 28.2 Å². The smallest absolute Gasteiger partial charge is 0.379 e. The summed E-state index contributed by atoms with van der Waals surface area (Å²) in [7, 11) is 1.45. The van der Waals surface area contributed by atoms with Gasteiger partial charge in [-0.05, 0) is 82.9 Å². The van der Waals surface area contributed by atoms with Gasteiger partial charge in [-0.1, -0.05) is 6.07 Å². The summed E-state index contributed by atoms with van der Waals surface area (Å²) in [5.41, 5.74) is 5.04. The van der Waals surface area contributed by atoms with Crippen LogP contribution in [0.4, 0.5) is 0 Å². The molecular weight excluding hydrogens is 480 g/mol. The summed E-state index contributed by atoms with van der Waals surface area (Å²) in [4.78, 5) is 24.1. The molecule has 0 spiro atoms. The highest BCUT2D eigenvalue weighted by atomic mass is 79.9. The van der Waals surface area contributed by atoms with Crippen LogP contribution in [-0.2, 0) is 4.79 Å². The first-order valence-corrected chi connectivity index (χ1v) is 10.3. The molecule has 166 valence electrons. The van der Waals surface area contributed by atoms with Crippen molar-refractivity contribution in [3.63, 3.8) is 0 Å². The third-order valence-corrected chi connectivity index (χ3v) is 4.83. The van der Waals surface area contributed by atoms with E-state index in [2.05, 4.69) is 26.5 Å². The predicted octanol–water partition coefficient (Wildman–Crippen LogP) is 4.42. The van der Waals surface area contributed by atoms with Gasteiger partial charge in [0.05, 0.1) is 24.1 Å². The van der Waals surface area contributed by atoms with Gasteiger partial charge in [-0.25, -0.2) is 10.2 Å². The molecule has 0 aliphatic carbocycles. The number of hydrogen-bond donors (Lipinski definition) is 1. The lowest BCUT2D eigenvalue weighted by Crippen LogP contribution is -2.24. The first-order chi connectivity index (χ1) is 15.4. The molecule has 2 aromatic carbocycles. The van der Waals surface area contributed by atoms with Crippen molar-refractivity contribution in [1.29, 1.82) is 0 Å². The highest BCUT2D eigenvalue weighted by molar-refractivity contribution is 9.10. The summed E-state index contributed by atoms with van der Waals surface area (Å²) in [6, 6.07) is 11.8. The molecule has 3 aromatic rings. The fourth-order valence-corrected chi connectivity index (χ4v) is 3.62. The van der Waals surface area contributed by atoms with Gasteiger partial charge in [0, 0.05) is 0 Å². The Bertz CT molecular complexity index is 1120. The van der Waals surface area contributed by atoms with Crippen molar-refractivity contribution in [1.82, 2.24) is 5.43 Å². The maximum atomic E-state index is 12.1. The molecule has 0 saturated carbocycles. The molecule has 0 aliphatic heterocycles. The number of carbonyl (C=O) groups is 2. The second-order valence-corrected chi connectivity index (χ2v) is 7.61. The maximum Gasteiger partial charge on any atom is 0.379 e. The first kappa shape index (κ1) is 23.1. The number of hydrogen-bond acceptors (Lipinski definition) is 7. The minimum absolute atomic E-state index is 0.0792. The van der Waals surface area contributed by atoms with Crippen LogP contribution in [-0.4, -0.2) is 31.8 Å². The Labute approximate surface area is 193 Å². The number of nitrogens with one attached hydrogen (secondary N) is 1. The Balaban J connectivity index is 1.57. The van der Waals surface area contributed by atoms with Gasteiger partial charge >= 0.3 is 5.97 Å². The van der Waals surface area contributed by atoms with Crippen LogP contribution < -0.4 is 19.6 Å². The zero-order valence-corrected chi connectivity index (χ0v) is 19.3. The van der Waals surface area contributed by atoms with Gasteiger partial charge in [0.25, 0.3) is 5.91 Å². The maximum absolute atomic E-state index is 12.1. The normalized spacial score (nSPS) is 10.8. The van der Waals surface area contributed by atoms with Gasteiger partial charge < -0.3 is 18.6 Å². The highest BCUT2D eigenvalue weighted by Crippen LogP contribution is 2.30. The topological polar surface area (TPSA) is 99.4 Å². The predicted molar refractivity (Wildman–Crippen MR) is 122 cm³/mol. The van der Waals surface area contributed by atoms with E-state index in [-0.39, 0.29) is 18.1 Å². The number of hydrazone groups is 1. The van der Waals surface area contributed by atoms with E-state index in [9.17, 15) is 9.59 Å². The highest BCUT2D eigenvalue weighted by Gasteiger charge is 2.15. The molecule has 0 fully saturated rings. The van der Waals surface area contributed by atoms with E-state index < -0.39 is 11.9 Å². The fourth-order valence-electron chi connectivity index (χ4n) is 2.83. The molecule has 1 aromatic heterocycles. The number of methoxy groups -OCH3 is 1. The lowest BCUT2D eigenvalue weighted by atomic mass is 10.1. The number of ether oxygens (including phenoxy) is 3. The minimum atomic E-state index is -0.641. The Hall–Kier alpha value is -3.59. The minimum Gasteiger partial charge on any atom is -0.493 e. The molecule has 0 aliphatic rings. The number of nitrogens with zero attached hydrogens (tertiary/aromatic N) is 1. The average Bonchev–Trinajstić information content (AvgIpc) is 3.29. The summed E-state index contributed by atoms with van der Waals surface area (Å²) in [5, 5.41) is 3.92. The SMILES string of the molecule is COc1cc(/C=N\NC(=O)COc2c(C)cc(C)cc2Br)ccc1OC(=O)c1ccco1. The van der Waals surface area contributed by atoms with E-state index in [1.54, 1.807) is 24.3 Å². The molecule has 1 heterocycles. The van der Waals surface area contributed by atoms with E-state index in [0.29, 0.717) is 17.1 Å². The van der Waals surface area contributed by atoms with Gasteiger partial charge in [0.1, 0.15) is 5.75 Å². The molecule has 0 radical (unpaired) electrons. The summed E-state index contributed by atoms with van der Waals surface area (Å²) in [6.07, 6.45) is 2.82. The van der Waals surface area contributed by atoms with Crippen LogP contribution in [0.25, 0.3) is 0 Å². The Kier molecular flexibility index (Phi) is 7.67. The average molecular weight is 501 g/mol. The van der Waals surface area contributed by atoms with Gasteiger partial charge in [0.2, 0.25) is 5.76 Å². The summed E-state index contributed by atoms with van der Waals surface area (Å²) in [5.74, 6) is 0.182. The van der Waals surface area contributed by atoms with Crippen LogP contribution in [0.15, 0.2) is 62.7 Å². The lowest BCUT2D eigenvalue weighted by molar-refractivity contribution is -0.123. The largest absolute Gasteiger partial charge is 0.493 e. The summed E-state index contributed by atoms with van der Waals surface area (Å²) in [6.45, 7) is 3.70. The first-order valence-electron chi connectivity index (χ1n) is 9.52. The third kappa shape index (κ3) is 5.98. The van der Waals surface area contributed by atoms with Crippen LogP contribution >= 0.6 is 15.9 Å². The number of amides is 1. The fraction of sp³-hybridized carbons (Fsp3) is 0.174. The summed E-state index contributed by atoms with van der Waals surface area (Å²) >= 11 is 3.44. The quantitative estimate of drug-likeness (QED) is 0.213. The van der Waals surface area contributed by atoms with Gasteiger partial charge in [-0.15, -0.1) is 0 Å². The van der Waals surface area contributed by atoms with Gasteiger partial charge in [0.15, 0.2) is 18.1 Å².